The van der Waals surface area contributed by atoms with Gasteiger partial charge in [-0.1, -0.05) is 30.3 Å². The second-order valence-electron chi connectivity index (χ2n) is 8.98. The Bertz CT molecular complexity index is 1210. The van der Waals surface area contributed by atoms with Gasteiger partial charge in [0.15, 0.2) is 0 Å². The van der Waals surface area contributed by atoms with E-state index in [0.29, 0.717) is 26.0 Å². The summed E-state index contributed by atoms with van der Waals surface area (Å²) in [5.74, 6) is 0.315. The number of ether oxygens (including phenoxy) is 1. The number of carbonyl (C=O) groups excluding carboxylic acids is 2. The van der Waals surface area contributed by atoms with E-state index in [1.54, 1.807) is 6.20 Å². The number of rotatable bonds is 8. The summed E-state index contributed by atoms with van der Waals surface area (Å²) >= 11 is 0. The van der Waals surface area contributed by atoms with Crippen molar-refractivity contribution in [3.05, 3.63) is 71.4 Å². The van der Waals surface area contributed by atoms with Gasteiger partial charge in [-0.05, 0) is 61.4 Å². The lowest BCUT2D eigenvalue weighted by atomic mass is 9.98. The molecule has 2 amide bonds. The molecule has 2 N–H and O–H groups in total. The van der Waals surface area contributed by atoms with Gasteiger partial charge in [-0.25, -0.2) is 0 Å². The molecular weight excluding hydrogens is 430 g/mol. The Hall–Kier alpha value is -3.29. The van der Waals surface area contributed by atoms with Crippen LogP contribution in [0.4, 0.5) is 0 Å². The van der Waals surface area contributed by atoms with E-state index in [1.807, 2.05) is 47.4 Å². The third kappa shape index (κ3) is 4.54. The number of aromatic nitrogens is 1. The Morgan fingerprint density at radius 2 is 1.94 bits per heavy atom. The van der Waals surface area contributed by atoms with Crippen LogP contribution >= 0.6 is 0 Å². The zero-order valence-electron chi connectivity index (χ0n) is 19.1. The fourth-order valence-electron chi connectivity index (χ4n) is 5.02. The van der Waals surface area contributed by atoms with Crippen LogP contribution in [0.2, 0.25) is 0 Å². The molecule has 1 aromatic heterocycles. The van der Waals surface area contributed by atoms with Crippen molar-refractivity contribution in [2.75, 3.05) is 6.61 Å². The highest BCUT2D eigenvalue weighted by Gasteiger charge is 2.40. The summed E-state index contributed by atoms with van der Waals surface area (Å²) < 4.78 is 6.02. The van der Waals surface area contributed by atoms with E-state index in [0.717, 1.165) is 53.5 Å². The molecule has 3 aromatic rings. The predicted octanol–water partition coefficient (Wildman–Crippen LogP) is 3.64. The second-order valence-corrected chi connectivity index (χ2v) is 8.98. The first-order valence-electron chi connectivity index (χ1n) is 12.0. The summed E-state index contributed by atoms with van der Waals surface area (Å²) in [4.78, 5) is 30.0. The molecule has 2 atom stereocenters. The molecular formula is C27H29N3O4. The number of aliphatic hydroxyl groups is 1. The quantitative estimate of drug-likeness (QED) is 0.395. The molecule has 0 saturated carbocycles. The fourth-order valence-corrected chi connectivity index (χ4v) is 5.02. The topological polar surface area (TPSA) is 91.8 Å². The van der Waals surface area contributed by atoms with Crippen molar-refractivity contribution in [3.63, 3.8) is 0 Å². The monoisotopic (exact) mass is 459 g/mol. The summed E-state index contributed by atoms with van der Waals surface area (Å²) in [6.07, 6.45) is 5.63. The van der Waals surface area contributed by atoms with Crippen molar-refractivity contribution in [1.29, 1.82) is 0 Å². The molecule has 0 radical (unpaired) electrons. The Morgan fingerprint density at radius 1 is 1.06 bits per heavy atom. The van der Waals surface area contributed by atoms with E-state index in [4.69, 9.17) is 4.74 Å². The number of hydrogen-bond acceptors (Lipinski definition) is 6. The largest absolute Gasteiger partial charge is 0.493 e. The molecule has 3 heterocycles. The number of aliphatic hydroxyl groups excluding tert-OH is 1. The third-order valence-electron chi connectivity index (χ3n) is 6.81. The number of nitrogens with zero attached hydrogens (tertiary/aromatic N) is 2. The lowest BCUT2D eigenvalue weighted by molar-refractivity contribution is -0.141. The standard InChI is InChI=1S/C27H29N3O4/c31-25-13-12-23(26(32)29-25)30-17-21-18(8-6-10-19(21)27(30)33)7-2-1-5-16-34-24-14-15-28-22-11-4-3-9-20(22)24/h3-4,6,8-11,14-15,23,27,33H,1-2,5,7,12-13,16-17H2,(H,29,31,32). The number of carbonyl (C=O) groups is 2. The van der Waals surface area contributed by atoms with Crippen molar-refractivity contribution in [3.8, 4) is 5.75 Å². The molecule has 0 aliphatic carbocycles. The van der Waals surface area contributed by atoms with Gasteiger partial charge < -0.3 is 9.84 Å². The summed E-state index contributed by atoms with van der Waals surface area (Å²) in [7, 11) is 0. The van der Waals surface area contributed by atoms with Gasteiger partial charge in [0.05, 0.1) is 18.2 Å². The number of pyridine rings is 1. The second kappa shape index (κ2) is 9.91. The Kier molecular flexibility index (Phi) is 6.56. The maximum absolute atomic E-state index is 12.3. The van der Waals surface area contributed by atoms with Crippen LogP contribution in [0.15, 0.2) is 54.7 Å². The average molecular weight is 460 g/mol. The molecule has 2 aliphatic heterocycles. The van der Waals surface area contributed by atoms with Crippen LogP contribution in [0.5, 0.6) is 5.75 Å². The zero-order chi connectivity index (χ0) is 23.5. The number of para-hydroxylation sites is 1. The van der Waals surface area contributed by atoms with Crippen molar-refractivity contribution in [2.45, 2.75) is 57.3 Å². The summed E-state index contributed by atoms with van der Waals surface area (Å²) in [5.41, 5.74) is 4.13. The third-order valence-corrected chi connectivity index (χ3v) is 6.81. The predicted molar refractivity (Wildman–Crippen MR) is 128 cm³/mol. The van der Waals surface area contributed by atoms with Crippen molar-refractivity contribution >= 4 is 22.7 Å². The average Bonchev–Trinajstić information content (AvgIpc) is 3.18. The molecule has 0 bridgehead atoms. The molecule has 2 aromatic carbocycles. The van der Waals surface area contributed by atoms with Gasteiger partial charge in [0, 0.05) is 30.1 Å². The molecule has 2 aliphatic rings. The molecule has 2 unspecified atom stereocenters. The molecule has 7 nitrogen and oxygen atoms in total. The first kappa shape index (κ1) is 22.5. The molecule has 1 saturated heterocycles. The highest BCUT2D eigenvalue weighted by atomic mass is 16.5. The van der Waals surface area contributed by atoms with Gasteiger partial charge in [-0.3, -0.25) is 24.8 Å². The van der Waals surface area contributed by atoms with Crippen molar-refractivity contribution in [1.82, 2.24) is 15.2 Å². The number of hydrogen-bond donors (Lipinski definition) is 2. The maximum Gasteiger partial charge on any atom is 0.244 e. The normalized spacial score (nSPS) is 20.4. The van der Waals surface area contributed by atoms with Gasteiger partial charge in [0.25, 0.3) is 0 Å². The van der Waals surface area contributed by atoms with Crippen LogP contribution < -0.4 is 10.1 Å². The number of nitrogens with one attached hydrogen (secondary N) is 1. The van der Waals surface area contributed by atoms with Gasteiger partial charge in [0.2, 0.25) is 11.8 Å². The van der Waals surface area contributed by atoms with Crippen molar-refractivity contribution < 1.29 is 19.4 Å². The molecule has 7 heteroatoms. The molecule has 0 spiro atoms. The van der Waals surface area contributed by atoms with Crippen LogP contribution in [0, 0.1) is 0 Å². The fraction of sp³-hybridized carbons (Fsp3) is 0.370. The van der Waals surface area contributed by atoms with Crippen LogP contribution in [0.3, 0.4) is 0 Å². The first-order chi connectivity index (χ1) is 16.6. The summed E-state index contributed by atoms with van der Waals surface area (Å²) in [5, 5.41) is 14.3. The minimum Gasteiger partial charge on any atom is -0.493 e. The number of imide groups is 1. The Balaban J connectivity index is 1.14. The zero-order valence-corrected chi connectivity index (χ0v) is 19.1. The highest BCUT2D eigenvalue weighted by Crippen LogP contribution is 2.37. The van der Waals surface area contributed by atoms with Gasteiger partial charge >= 0.3 is 0 Å². The lowest BCUT2D eigenvalue weighted by Gasteiger charge is -2.31. The molecule has 34 heavy (non-hydrogen) atoms. The van der Waals surface area contributed by atoms with Crippen LogP contribution in [-0.2, 0) is 22.6 Å². The minimum absolute atomic E-state index is 0.241. The van der Waals surface area contributed by atoms with Crippen molar-refractivity contribution in [2.24, 2.45) is 0 Å². The molecule has 1 fully saturated rings. The van der Waals surface area contributed by atoms with Gasteiger partial charge in [-0.2, -0.15) is 0 Å². The minimum atomic E-state index is -0.817. The Labute approximate surface area is 198 Å². The van der Waals surface area contributed by atoms with E-state index in [2.05, 4.69) is 16.4 Å². The SMILES string of the molecule is O=C1CCC(N2Cc3c(CCCCCOc4ccnc5ccccc45)cccc3C2O)C(=O)N1. The summed E-state index contributed by atoms with van der Waals surface area (Å²) in [6, 6.07) is 15.4. The van der Waals surface area contributed by atoms with Crippen LogP contribution in [0.25, 0.3) is 10.9 Å². The van der Waals surface area contributed by atoms with Gasteiger partial charge in [0.1, 0.15) is 12.0 Å². The number of amides is 2. The number of aryl methyl sites for hydroxylation is 1. The van der Waals surface area contributed by atoms with E-state index in [-0.39, 0.29) is 11.8 Å². The van der Waals surface area contributed by atoms with Crippen LogP contribution in [-0.4, -0.2) is 39.5 Å². The molecule has 5 rings (SSSR count). The lowest BCUT2D eigenvalue weighted by Crippen LogP contribution is -2.51. The molecule has 176 valence electrons. The smallest absolute Gasteiger partial charge is 0.244 e. The first-order valence-corrected chi connectivity index (χ1v) is 12.0. The Morgan fingerprint density at radius 3 is 2.82 bits per heavy atom. The van der Waals surface area contributed by atoms with E-state index in [9.17, 15) is 14.7 Å². The number of benzene rings is 2. The van der Waals surface area contributed by atoms with E-state index >= 15 is 0 Å². The van der Waals surface area contributed by atoms with E-state index in [1.165, 1.54) is 5.56 Å². The summed E-state index contributed by atoms with van der Waals surface area (Å²) in [6.45, 7) is 1.18. The highest BCUT2D eigenvalue weighted by molar-refractivity contribution is 6.00. The maximum atomic E-state index is 12.3. The number of piperidine rings is 1. The van der Waals surface area contributed by atoms with E-state index < -0.39 is 12.3 Å². The van der Waals surface area contributed by atoms with Crippen LogP contribution in [0.1, 0.15) is 55.0 Å². The number of unbranched alkanes of at least 4 members (excludes halogenated alkanes) is 2. The number of fused-ring (bicyclic) bond motifs is 2. The van der Waals surface area contributed by atoms with Gasteiger partial charge in [-0.15, -0.1) is 0 Å².